The molecule has 0 fully saturated rings. The number of fused-ring (bicyclic) bond motifs is 1. The third kappa shape index (κ3) is 2.19. The van der Waals surface area contributed by atoms with Crippen LogP contribution in [0.1, 0.15) is 18.0 Å². The van der Waals surface area contributed by atoms with Crippen LogP contribution >= 0.6 is 0 Å². The zero-order chi connectivity index (χ0) is 11.4. The van der Waals surface area contributed by atoms with E-state index in [-0.39, 0.29) is 0 Å². The average molecular weight is 219 g/mol. The Kier molecular flexibility index (Phi) is 3.47. The number of methoxy groups -OCH3 is 1. The van der Waals surface area contributed by atoms with Crippen molar-refractivity contribution < 1.29 is 9.47 Å². The molecule has 0 bridgehead atoms. The van der Waals surface area contributed by atoms with E-state index in [0.717, 1.165) is 31.1 Å². The molecular weight excluding hydrogens is 202 g/mol. The van der Waals surface area contributed by atoms with Crippen molar-refractivity contribution in [2.24, 2.45) is 0 Å². The van der Waals surface area contributed by atoms with E-state index in [2.05, 4.69) is 11.9 Å². The van der Waals surface area contributed by atoms with Crippen molar-refractivity contribution >= 4 is 0 Å². The first-order chi connectivity index (χ1) is 7.85. The lowest BCUT2D eigenvalue weighted by Crippen LogP contribution is -2.27. The molecule has 2 rings (SSSR count). The van der Waals surface area contributed by atoms with Gasteiger partial charge in [0.05, 0.1) is 13.7 Å². The Hall–Kier alpha value is -1.48. The number of hydrogen-bond acceptors (Lipinski definition) is 3. The monoisotopic (exact) mass is 219 g/mol. The predicted octanol–water partition coefficient (Wildman–Crippen LogP) is 2.29. The zero-order valence-corrected chi connectivity index (χ0v) is 9.53. The first-order valence-corrected chi connectivity index (χ1v) is 5.50. The van der Waals surface area contributed by atoms with Gasteiger partial charge in [-0.1, -0.05) is 6.08 Å². The molecule has 1 N–H and O–H groups in total. The lowest BCUT2D eigenvalue weighted by Gasteiger charge is -2.26. The highest BCUT2D eigenvalue weighted by Gasteiger charge is 2.21. The van der Waals surface area contributed by atoms with E-state index < -0.39 is 0 Å². The lowest BCUT2D eigenvalue weighted by atomic mass is 10.0. The van der Waals surface area contributed by atoms with Gasteiger partial charge in [-0.3, -0.25) is 0 Å². The summed E-state index contributed by atoms with van der Waals surface area (Å²) in [6.07, 6.45) is 2.85. The molecule has 1 heterocycles. The summed E-state index contributed by atoms with van der Waals surface area (Å²) in [5, 5.41) is 3.43. The summed E-state index contributed by atoms with van der Waals surface area (Å²) >= 11 is 0. The van der Waals surface area contributed by atoms with E-state index in [1.54, 1.807) is 7.11 Å². The zero-order valence-electron chi connectivity index (χ0n) is 9.53. The first-order valence-electron chi connectivity index (χ1n) is 5.50. The van der Waals surface area contributed by atoms with Crippen molar-refractivity contribution in [3.8, 4) is 11.5 Å². The second-order valence-corrected chi connectivity index (χ2v) is 3.79. The minimum absolute atomic E-state index is 0.330. The average Bonchev–Trinajstić information content (AvgIpc) is 2.35. The van der Waals surface area contributed by atoms with Crippen LogP contribution in [0.25, 0.3) is 0 Å². The van der Waals surface area contributed by atoms with Crippen LogP contribution in [-0.2, 0) is 0 Å². The smallest absolute Gasteiger partial charge is 0.124 e. The summed E-state index contributed by atoms with van der Waals surface area (Å²) in [6, 6.07) is 6.26. The fourth-order valence-electron chi connectivity index (χ4n) is 1.94. The summed E-state index contributed by atoms with van der Waals surface area (Å²) in [4.78, 5) is 0. The van der Waals surface area contributed by atoms with Gasteiger partial charge >= 0.3 is 0 Å². The van der Waals surface area contributed by atoms with Crippen LogP contribution in [0.3, 0.4) is 0 Å². The molecule has 86 valence electrons. The summed E-state index contributed by atoms with van der Waals surface area (Å²) in [7, 11) is 1.68. The van der Waals surface area contributed by atoms with Crippen molar-refractivity contribution in [1.29, 1.82) is 0 Å². The molecule has 1 unspecified atom stereocenters. The number of benzene rings is 1. The van der Waals surface area contributed by atoms with E-state index in [0.29, 0.717) is 6.04 Å². The van der Waals surface area contributed by atoms with Crippen LogP contribution in [-0.4, -0.2) is 20.3 Å². The van der Waals surface area contributed by atoms with E-state index in [9.17, 15) is 0 Å². The minimum Gasteiger partial charge on any atom is -0.497 e. The van der Waals surface area contributed by atoms with Gasteiger partial charge in [-0.25, -0.2) is 0 Å². The van der Waals surface area contributed by atoms with Gasteiger partial charge in [0.25, 0.3) is 0 Å². The van der Waals surface area contributed by atoms with E-state index in [4.69, 9.17) is 9.47 Å². The maximum atomic E-state index is 5.61. The van der Waals surface area contributed by atoms with Crippen LogP contribution in [0.2, 0.25) is 0 Å². The van der Waals surface area contributed by atoms with Gasteiger partial charge in [-0.2, -0.15) is 0 Å². The van der Waals surface area contributed by atoms with Crippen molar-refractivity contribution in [3.63, 3.8) is 0 Å². The predicted molar refractivity (Wildman–Crippen MR) is 64.0 cm³/mol. The number of ether oxygens (including phenoxy) is 2. The van der Waals surface area contributed by atoms with Gasteiger partial charge in [0.2, 0.25) is 0 Å². The maximum Gasteiger partial charge on any atom is 0.124 e. The molecule has 3 heteroatoms. The summed E-state index contributed by atoms with van der Waals surface area (Å²) < 4.78 is 10.8. The fraction of sp³-hybridized carbons (Fsp3) is 0.385. The molecule has 1 aromatic rings. The molecule has 0 amide bonds. The van der Waals surface area contributed by atoms with Gasteiger partial charge in [-0.05, 0) is 18.2 Å². The Balaban J connectivity index is 2.24. The molecule has 0 saturated heterocycles. The lowest BCUT2D eigenvalue weighted by molar-refractivity contribution is 0.254. The van der Waals surface area contributed by atoms with Gasteiger partial charge in [0, 0.05) is 24.6 Å². The minimum atomic E-state index is 0.330. The maximum absolute atomic E-state index is 5.61. The number of nitrogens with one attached hydrogen (secondary N) is 1. The van der Waals surface area contributed by atoms with Gasteiger partial charge in [0.15, 0.2) is 0 Å². The molecule has 1 aromatic carbocycles. The molecule has 1 atom stereocenters. The molecule has 0 aliphatic carbocycles. The van der Waals surface area contributed by atoms with E-state index in [1.165, 1.54) is 5.56 Å². The highest BCUT2D eigenvalue weighted by Crippen LogP contribution is 2.34. The fourth-order valence-corrected chi connectivity index (χ4v) is 1.94. The van der Waals surface area contributed by atoms with Crippen LogP contribution in [0.4, 0.5) is 0 Å². The summed E-state index contributed by atoms with van der Waals surface area (Å²) in [5.74, 6) is 1.82. The SMILES string of the molecule is C=CCNC1CCOc2ccc(OC)cc21. The topological polar surface area (TPSA) is 30.5 Å². The highest BCUT2D eigenvalue weighted by atomic mass is 16.5. The summed E-state index contributed by atoms with van der Waals surface area (Å²) in [5.41, 5.74) is 1.17. The summed E-state index contributed by atoms with van der Waals surface area (Å²) in [6.45, 7) is 5.28. The standard InChI is InChI=1S/C13H17NO2/c1-3-7-14-12-6-8-16-13-5-4-10(15-2)9-11(12)13/h3-5,9,12,14H,1,6-8H2,2H3. The van der Waals surface area contributed by atoms with E-state index in [1.807, 2.05) is 24.3 Å². The van der Waals surface area contributed by atoms with Crippen molar-refractivity contribution in [3.05, 3.63) is 36.4 Å². The van der Waals surface area contributed by atoms with Crippen LogP contribution in [0, 0.1) is 0 Å². The molecule has 3 nitrogen and oxygen atoms in total. The molecule has 0 saturated carbocycles. The molecule has 0 aromatic heterocycles. The quantitative estimate of drug-likeness (QED) is 0.788. The molecule has 0 radical (unpaired) electrons. The Morgan fingerprint density at radius 3 is 3.25 bits per heavy atom. The van der Waals surface area contributed by atoms with E-state index >= 15 is 0 Å². The second-order valence-electron chi connectivity index (χ2n) is 3.79. The normalized spacial score (nSPS) is 18.4. The molecule has 1 aliphatic rings. The third-order valence-corrected chi connectivity index (χ3v) is 2.77. The third-order valence-electron chi connectivity index (χ3n) is 2.77. The Bertz CT molecular complexity index is 376. The van der Waals surface area contributed by atoms with Gasteiger partial charge < -0.3 is 14.8 Å². The molecule has 0 spiro atoms. The van der Waals surface area contributed by atoms with Crippen molar-refractivity contribution in [2.75, 3.05) is 20.3 Å². The van der Waals surface area contributed by atoms with Crippen LogP contribution in [0.15, 0.2) is 30.9 Å². The van der Waals surface area contributed by atoms with Gasteiger partial charge in [0.1, 0.15) is 11.5 Å². The Morgan fingerprint density at radius 1 is 1.62 bits per heavy atom. The number of hydrogen-bond donors (Lipinski definition) is 1. The van der Waals surface area contributed by atoms with Gasteiger partial charge in [-0.15, -0.1) is 6.58 Å². The molecular formula is C13H17NO2. The Labute approximate surface area is 96.1 Å². The van der Waals surface area contributed by atoms with Crippen LogP contribution < -0.4 is 14.8 Å². The molecule has 16 heavy (non-hydrogen) atoms. The van der Waals surface area contributed by atoms with Crippen molar-refractivity contribution in [1.82, 2.24) is 5.32 Å². The van der Waals surface area contributed by atoms with Crippen molar-refractivity contribution in [2.45, 2.75) is 12.5 Å². The largest absolute Gasteiger partial charge is 0.497 e. The molecule has 1 aliphatic heterocycles. The van der Waals surface area contributed by atoms with Crippen LogP contribution in [0.5, 0.6) is 11.5 Å². The first kappa shape index (κ1) is 11.0. The number of rotatable bonds is 4. The highest BCUT2D eigenvalue weighted by molar-refractivity contribution is 5.43. The Morgan fingerprint density at radius 2 is 2.50 bits per heavy atom. The second kappa shape index (κ2) is 5.03.